The first-order valence-corrected chi connectivity index (χ1v) is 8.64. The fourth-order valence-corrected chi connectivity index (χ4v) is 3.26. The molecular formula is C18H22N6O. The third-order valence-electron chi connectivity index (χ3n) is 4.91. The number of ether oxygens (including phenoxy) is 1. The van der Waals surface area contributed by atoms with Crippen LogP contribution in [0.4, 0.5) is 17.5 Å². The Morgan fingerprint density at radius 3 is 2.84 bits per heavy atom. The van der Waals surface area contributed by atoms with E-state index in [-0.39, 0.29) is 11.6 Å². The minimum absolute atomic E-state index is 0.264. The number of morpholine rings is 1. The van der Waals surface area contributed by atoms with Crippen LogP contribution < -0.4 is 10.2 Å². The Morgan fingerprint density at radius 2 is 2.20 bits per heavy atom. The third kappa shape index (κ3) is 3.05. The zero-order chi connectivity index (χ0) is 17.4. The molecule has 1 saturated carbocycles. The molecule has 1 atom stereocenters. The van der Waals surface area contributed by atoms with E-state index in [1.54, 1.807) is 0 Å². The lowest BCUT2D eigenvalue weighted by molar-refractivity contribution is 0.0985. The van der Waals surface area contributed by atoms with Crippen LogP contribution in [0.1, 0.15) is 31.0 Å². The topological polar surface area (TPSA) is 70.4 Å². The summed E-state index contributed by atoms with van der Waals surface area (Å²) in [4.78, 5) is 10.9. The predicted octanol–water partition coefficient (Wildman–Crippen LogP) is 2.99. The third-order valence-corrected chi connectivity index (χ3v) is 4.91. The largest absolute Gasteiger partial charge is 0.377 e. The number of hydrogen-bond acceptors (Lipinski definition) is 5. The number of H-pyrrole nitrogens is 1. The van der Waals surface area contributed by atoms with E-state index in [0.717, 1.165) is 48.1 Å². The Morgan fingerprint density at radius 1 is 1.36 bits per heavy atom. The maximum atomic E-state index is 7.59. The molecule has 2 N–H and O–H groups in total. The van der Waals surface area contributed by atoms with E-state index in [1.165, 1.54) is 0 Å². The van der Waals surface area contributed by atoms with Gasteiger partial charge in [0, 0.05) is 36.7 Å². The van der Waals surface area contributed by atoms with Gasteiger partial charge in [0.05, 0.1) is 19.3 Å². The van der Waals surface area contributed by atoms with Crippen LogP contribution in [-0.4, -0.2) is 41.0 Å². The fraction of sp³-hybridized carbons (Fsp3) is 0.500. The first kappa shape index (κ1) is 15.9. The highest BCUT2D eigenvalue weighted by atomic mass is 16.5. The summed E-state index contributed by atoms with van der Waals surface area (Å²) in [5.74, 6) is 2.36. The van der Waals surface area contributed by atoms with Gasteiger partial charge in [-0.05, 0) is 26.0 Å². The van der Waals surface area contributed by atoms with Crippen molar-refractivity contribution < 1.29 is 4.74 Å². The van der Waals surface area contributed by atoms with Gasteiger partial charge in [0.2, 0.25) is 0 Å². The quantitative estimate of drug-likeness (QED) is 0.839. The number of pyridine rings is 1. The molecule has 0 unspecified atom stereocenters. The second-order valence-electron chi connectivity index (χ2n) is 6.92. The number of nitrogens with zero attached hydrogens (tertiary/aromatic N) is 4. The summed E-state index contributed by atoms with van der Waals surface area (Å²) >= 11 is 0. The number of aromatic nitrogens is 3. The zero-order valence-electron chi connectivity index (χ0n) is 14.5. The minimum Gasteiger partial charge on any atom is -0.377 e. The molecule has 0 aromatic carbocycles. The summed E-state index contributed by atoms with van der Waals surface area (Å²) in [6.45, 7) is 13.9. The maximum Gasteiger partial charge on any atom is 0.258 e. The molecule has 4 rings (SSSR count). The van der Waals surface area contributed by atoms with Gasteiger partial charge in [0.15, 0.2) is 5.82 Å². The standard InChI is InChI=1S/C18H22N6O/c1-12-8-16(23-22-12)20-15-9-14(18(19-3)4-5-18)10-17(21-15)24-6-7-25-11-13(24)2/h8-10,13H,4-7,11H2,1-2H3,(H2,20,21,22,23)/t13-/m1/s1. The number of hydrogen-bond donors (Lipinski definition) is 2. The highest BCUT2D eigenvalue weighted by Gasteiger charge is 2.53. The van der Waals surface area contributed by atoms with Crippen molar-refractivity contribution in [3.05, 3.63) is 40.9 Å². The van der Waals surface area contributed by atoms with Crippen molar-refractivity contribution in [2.24, 2.45) is 0 Å². The number of aromatic amines is 1. The van der Waals surface area contributed by atoms with Gasteiger partial charge in [0.25, 0.3) is 5.54 Å². The molecule has 7 nitrogen and oxygen atoms in total. The second kappa shape index (κ2) is 6.05. The van der Waals surface area contributed by atoms with E-state index in [0.29, 0.717) is 13.2 Å². The normalized spacial score (nSPS) is 21.6. The molecule has 3 heterocycles. The van der Waals surface area contributed by atoms with Gasteiger partial charge in [-0.1, -0.05) is 0 Å². The molecule has 0 amide bonds. The van der Waals surface area contributed by atoms with Crippen molar-refractivity contribution in [2.75, 3.05) is 30.0 Å². The van der Waals surface area contributed by atoms with Gasteiger partial charge in [-0.25, -0.2) is 11.6 Å². The van der Waals surface area contributed by atoms with Crippen LogP contribution in [0.5, 0.6) is 0 Å². The van der Waals surface area contributed by atoms with E-state index in [4.69, 9.17) is 16.3 Å². The summed E-state index contributed by atoms with van der Waals surface area (Å²) < 4.78 is 5.55. The minimum atomic E-state index is -0.370. The van der Waals surface area contributed by atoms with Crippen LogP contribution in [0.25, 0.3) is 4.85 Å². The van der Waals surface area contributed by atoms with Crippen molar-refractivity contribution >= 4 is 17.5 Å². The number of nitrogens with one attached hydrogen (secondary N) is 2. The van der Waals surface area contributed by atoms with Gasteiger partial charge in [0.1, 0.15) is 11.6 Å². The van der Waals surface area contributed by atoms with Crippen LogP contribution in [0, 0.1) is 13.5 Å². The second-order valence-corrected chi connectivity index (χ2v) is 6.92. The van der Waals surface area contributed by atoms with E-state index < -0.39 is 0 Å². The van der Waals surface area contributed by atoms with Gasteiger partial charge < -0.3 is 19.8 Å². The van der Waals surface area contributed by atoms with Crippen molar-refractivity contribution in [1.82, 2.24) is 15.2 Å². The SMILES string of the molecule is [C-]#[N+]C1(c2cc(Nc3cc(C)[nH]n3)nc(N3CCOC[C@H]3C)c2)CC1. The van der Waals surface area contributed by atoms with Crippen molar-refractivity contribution in [1.29, 1.82) is 0 Å². The number of rotatable bonds is 4. The molecule has 2 aromatic rings. The van der Waals surface area contributed by atoms with E-state index in [1.807, 2.05) is 19.1 Å². The predicted molar refractivity (Wildman–Crippen MR) is 96.0 cm³/mol. The summed E-state index contributed by atoms with van der Waals surface area (Å²) in [7, 11) is 0. The summed E-state index contributed by atoms with van der Waals surface area (Å²) in [6.07, 6.45) is 1.83. The number of anilines is 3. The van der Waals surface area contributed by atoms with Gasteiger partial charge in [-0.3, -0.25) is 5.10 Å². The highest BCUT2D eigenvalue weighted by Crippen LogP contribution is 2.50. The van der Waals surface area contributed by atoms with Crippen LogP contribution in [0.15, 0.2) is 18.2 Å². The monoisotopic (exact) mass is 338 g/mol. The van der Waals surface area contributed by atoms with Gasteiger partial charge in [-0.2, -0.15) is 5.10 Å². The molecule has 130 valence electrons. The van der Waals surface area contributed by atoms with Crippen LogP contribution >= 0.6 is 0 Å². The molecule has 0 radical (unpaired) electrons. The smallest absolute Gasteiger partial charge is 0.258 e. The van der Waals surface area contributed by atoms with E-state index in [9.17, 15) is 0 Å². The summed E-state index contributed by atoms with van der Waals surface area (Å²) in [5, 5.41) is 10.4. The Hall–Kier alpha value is -2.59. The molecule has 0 spiro atoms. The lowest BCUT2D eigenvalue weighted by Gasteiger charge is -2.34. The van der Waals surface area contributed by atoms with Crippen LogP contribution in [-0.2, 0) is 10.3 Å². The van der Waals surface area contributed by atoms with Crippen LogP contribution in [0.2, 0.25) is 0 Å². The number of aryl methyl sites for hydroxylation is 1. The zero-order valence-corrected chi connectivity index (χ0v) is 14.5. The van der Waals surface area contributed by atoms with Gasteiger partial charge in [-0.15, -0.1) is 0 Å². The van der Waals surface area contributed by atoms with Crippen molar-refractivity contribution in [3.8, 4) is 0 Å². The molecule has 7 heteroatoms. The Balaban J connectivity index is 1.71. The Kier molecular flexibility index (Phi) is 3.85. The molecule has 1 aliphatic heterocycles. The van der Waals surface area contributed by atoms with Crippen molar-refractivity contribution in [3.63, 3.8) is 0 Å². The highest BCUT2D eigenvalue weighted by molar-refractivity contribution is 5.60. The fourth-order valence-electron chi connectivity index (χ4n) is 3.26. The summed E-state index contributed by atoms with van der Waals surface area (Å²) in [6, 6.07) is 6.27. The first-order chi connectivity index (χ1) is 12.1. The average molecular weight is 338 g/mol. The summed E-state index contributed by atoms with van der Waals surface area (Å²) in [5.41, 5.74) is 1.66. The van der Waals surface area contributed by atoms with Crippen LogP contribution in [0.3, 0.4) is 0 Å². The Bertz CT molecular complexity index is 819. The molecule has 2 aliphatic rings. The molecule has 25 heavy (non-hydrogen) atoms. The van der Waals surface area contributed by atoms with Gasteiger partial charge >= 0.3 is 0 Å². The molecule has 0 bridgehead atoms. The molecule has 1 saturated heterocycles. The van der Waals surface area contributed by atoms with E-state index in [2.05, 4.69) is 38.2 Å². The van der Waals surface area contributed by atoms with E-state index >= 15 is 0 Å². The first-order valence-electron chi connectivity index (χ1n) is 8.64. The molecule has 2 fully saturated rings. The van der Waals surface area contributed by atoms with Crippen molar-refractivity contribution in [2.45, 2.75) is 38.3 Å². The molecular weight excluding hydrogens is 316 g/mol. The Labute approximate surface area is 147 Å². The lowest BCUT2D eigenvalue weighted by Crippen LogP contribution is -2.44. The lowest BCUT2D eigenvalue weighted by atomic mass is 10.1. The molecule has 2 aromatic heterocycles. The maximum absolute atomic E-state index is 7.59. The molecule has 1 aliphatic carbocycles. The average Bonchev–Trinajstić information content (AvgIpc) is 3.32.